The lowest BCUT2D eigenvalue weighted by molar-refractivity contribution is 0.00578. The van der Waals surface area contributed by atoms with E-state index in [1.807, 2.05) is 0 Å². The summed E-state index contributed by atoms with van der Waals surface area (Å²) in [7, 11) is -0.295. The fourth-order valence-corrected chi connectivity index (χ4v) is 3.29. The van der Waals surface area contributed by atoms with Crippen LogP contribution in [0.25, 0.3) is 10.9 Å². The molecule has 4 nitrogen and oxygen atoms in total. The van der Waals surface area contributed by atoms with Crippen LogP contribution in [0, 0.1) is 0 Å². The Morgan fingerprint density at radius 1 is 1.09 bits per heavy atom. The van der Waals surface area contributed by atoms with Gasteiger partial charge in [-0.05, 0) is 44.8 Å². The second-order valence-corrected chi connectivity index (χ2v) is 7.40. The third-order valence-corrected chi connectivity index (χ3v) is 5.40. The van der Waals surface area contributed by atoms with Gasteiger partial charge in [-0.15, -0.1) is 0 Å². The molecule has 1 fully saturated rings. The molecule has 2 aliphatic heterocycles. The van der Waals surface area contributed by atoms with Crippen LogP contribution in [0.3, 0.4) is 0 Å². The van der Waals surface area contributed by atoms with Crippen LogP contribution in [-0.4, -0.2) is 29.8 Å². The van der Waals surface area contributed by atoms with Crippen LogP contribution in [-0.2, 0) is 22.3 Å². The Balaban J connectivity index is 1.74. The average molecular weight is 298 g/mol. The molecule has 0 saturated carbocycles. The predicted octanol–water partition coefficient (Wildman–Crippen LogP) is 2.11. The van der Waals surface area contributed by atoms with E-state index in [1.165, 1.54) is 22.2 Å². The van der Waals surface area contributed by atoms with Crippen molar-refractivity contribution in [1.29, 1.82) is 0 Å². The number of benzene rings is 1. The third-order valence-electron chi connectivity index (χ3n) is 5.40. The number of rotatable bonds is 1. The maximum absolute atomic E-state index is 6.17. The van der Waals surface area contributed by atoms with Gasteiger partial charge < -0.3 is 19.6 Å². The van der Waals surface area contributed by atoms with Crippen LogP contribution in [0.15, 0.2) is 18.2 Å². The first-order valence-electron chi connectivity index (χ1n) is 8.07. The van der Waals surface area contributed by atoms with Gasteiger partial charge in [0.1, 0.15) is 0 Å². The van der Waals surface area contributed by atoms with E-state index in [1.54, 1.807) is 0 Å². The molecule has 1 aromatic heterocycles. The second-order valence-electron chi connectivity index (χ2n) is 7.40. The van der Waals surface area contributed by atoms with Crippen LogP contribution in [0.1, 0.15) is 39.0 Å². The van der Waals surface area contributed by atoms with Crippen molar-refractivity contribution in [3.8, 4) is 0 Å². The molecule has 0 aliphatic carbocycles. The standard InChI is InChI=1S/C17H23BN2O2/c1-16(2)17(3,4)22-18(21-16)11-5-6-14-12(9-11)13-10-19-8-7-15(13)20-14/h5-6,9,19-20H,7-8,10H2,1-4H3. The molecule has 0 bridgehead atoms. The van der Waals surface area contributed by atoms with Gasteiger partial charge in [-0.3, -0.25) is 0 Å². The first-order chi connectivity index (χ1) is 10.4. The smallest absolute Gasteiger partial charge is 0.399 e. The minimum Gasteiger partial charge on any atom is -0.399 e. The Labute approximate surface area is 131 Å². The molecule has 22 heavy (non-hydrogen) atoms. The van der Waals surface area contributed by atoms with Gasteiger partial charge in [0.25, 0.3) is 0 Å². The van der Waals surface area contributed by atoms with Gasteiger partial charge in [0.15, 0.2) is 0 Å². The molecular weight excluding hydrogens is 275 g/mol. The van der Waals surface area contributed by atoms with Crippen molar-refractivity contribution < 1.29 is 9.31 Å². The summed E-state index contributed by atoms with van der Waals surface area (Å²) in [6, 6.07) is 6.48. The largest absolute Gasteiger partial charge is 0.494 e. The average Bonchev–Trinajstić information content (AvgIpc) is 2.93. The molecular formula is C17H23BN2O2. The Kier molecular flexibility index (Phi) is 2.99. The molecule has 3 heterocycles. The Hall–Kier alpha value is -1.30. The maximum atomic E-state index is 6.17. The highest BCUT2D eigenvalue weighted by molar-refractivity contribution is 6.62. The van der Waals surface area contributed by atoms with Crippen LogP contribution < -0.4 is 10.8 Å². The summed E-state index contributed by atoms with van der Waals surface area (Å²) >= 11 is 0. The number of hydrogen-bond acceptors (Lipinski definition) is 3. The van der Waals surface area contributed by atoms with Crippen LogP contribution in [0.2, 0.25) is 0 Å². The normalized spacial score (nSPS) is 23.0. The Bertz CT molecular complexity index is 720. The van der Waals surface area contributed by atoms with Crippen LogP contribution >= 0.6 is 0 Å². The van der Waals surface area contributed by atoms with Gasteiger partial charge in [-0.25, -0.2) is 0 Å². The molecule has 5 heteroatoms. The van der Waals surface area contributed by atoms with Crippen molar-refractivity contribution in [1.82, 2.24) is 10.3 Å². The highest BCUT2D eigenvalue weighted by atomic mass is 16.7. The summed E-state index contributed by atoms with van der Waals surface area (Å²) in [5.74, 6) is 0. The van der Waals surface area contributed by atoms with Gasteiger partial charge >= 0.3 is 7.12 Å². The van der Waals surface area contributed by atoms with Crippen molar-refractivity contribution in [3.63, 3.8) is 0 Å². The van der Waals surface area contributed by atoms with Gasteiger partial charge in [0.2, 0.25) is 0 Å². The van der Waals surface area contributed by atoms with Crippen molar-refractivity contribution in [2.75, 3.05) is 6.54 Å². The number of H-pyrrole nitrogens is 1. The molecule has 4 rings (SSSR count). The van der Waals surface area contributed by atoms with Crippen molar-refractivity contribution in [2.45, 2.75) is 51.9 Å². The van der Waals surface area contributed by atoms with Crippen LogP contribution in [0.4, 0.5) is 0 Å². The lowest BCUT2D eigenvalue weighted by Gasteiger charge is -2.32. The first-order valence-corrected chi connectivity index (χ1v) is 8.07. The Morgan fingerprint density at radius 3 is 2.55 bits per heavy atom. The third kappa shape index (κ3) is 2.03. The molecule has 2 aliphatic rings. The molecule has 116 valence electrons. The number of fused-ring (bicyclic) bond motifs is 3. The monoisotopic (exact) mass is 298 g/mol. The molecule has 2 aromatic rings. The molecule has 0 unspecified atom stereocenters. The molecule has 0 amide bonds. The predicted molar refractivity (Wildman–Crippen MR) is 89.4 cm³/mol. The molecule has 0 spiro atoms. The van der Waals surface area contributed by atoms with Gasteiger partial charge in [0.05, 0.1) is 11.2 Å². The Morgan fingerprint density at radius 2 is 1.82 bits per heavy atom. The van der Waals surface area contributed by atoms with E-state index in [-0.39, 0.29) is 18.3 Å². The lowest BCUT2D eigenvalue weighted by Crippen LogP contribution is -2.41. The summed E-state index contributed by atoms with van der Waals surface area (Å²) < 4.78 is 12.3. The summed E-state index contributed by atoms with van der Waals surface area (Å²) in [5, 5.41) is 4.74. The zero-order valence-corrected chi connectivity index (χ0v) is 13.7. The summed E-state index contributed by atoms with van der Waals surface area (Å²) in [6.07, 6.45) is 1.07. The quantitative estimate of drug-likeness (QED) is 0.793. The van der Waals surface area contributed by atoms with E-state index >= 15 is 0 Å². The van der Waals surface area contributed by atoms with Gasteiger partial charge in [-0.1, -0.05) is 12.1 Å². The zero-order chi connectivity index (χ0) is 15.5. The summed E-state index contributed by atoms with van der Waals surface area (Å²) in [4.78, 5) is 3.54. The van der Waals surface area contributed by atoms with Crippen molar-refractivity contribution >= 4 is 23.5 Å². The molecule has 1 aromatic carbocycles. The van der Waals surface area contributed by atoms with E-state index in [2.05, 4.69) is 56.2 Å². The van der Waals surface area contributed by atoms with Gasteiger partial charge in [0, 0.05) is 36.1 Å². The fourth-order valence-electron chi connectivity index (χ4n) is 3.29. The molecule has 0 radical (unpaired) electrons. The zero-order valence-electron chi connectivity index (χ0n) is 13.7. The van der Waals surface area contributed by atoms with E-state index in [9.17, 15) is 0 Å². The number of aromatic nitrogens is 1. The van der Waals surface area contributed by atoms with Crippen LogP contribution in [0.5, 0.6) is 0 Å². The minimum absolute atomic E-state index is 0.295. The first kappa shape index (κ1) is 14.3. The molecule has 0 atom stereocenters. The number of aromatic amines is 1. The molecule has 1 saturated heterocycles. The fraction of sp³-hybridized carbons (Fsp3) is 0.529. The topological polar surface area (TPSA) is 46.3 Å². The van der Waals surface area contributed by atoms with Crippen molar-refractivity contribution in [2.24, 2.45) is 0 Å². The lowest BCUT2D eigenvalue weighted by atomic mass is 9.78. The van der Waals surface area contributed by atoms with E-state index in [0.717, 1.165) is 25.0 Å². The maximum Gasteiger partial charge on any atom is 0.494 e. The number of hydrogen-bond donors (Lipinski definition) is 2. The second kappa shape index (κ2) is 4.60. The highest BCUT2D eigenvalue weighted by Gasteiger charge is 2.51. The van der Waals surface area contributed by atoms with E-state index in [0.29, 0.717) is 0 Å². The van der Waals surface area contributed by atoms with E-state index < -0.39 is 0 Å². The summed E-state index contributed by atoms with van der Waals surface area (Å²) in [5.41, 5.74) is 4.45. The van der Waals surface area contributed by atoms with Crippen molar-refractivity contribution in [3.05, 3.63) is 29.5 Å². The SMILES string of the molecule is CC1(C)OB(c2ccc3[nH]c4c(c3c2)CNCC4)OC1(C)C. The highest BCUT2D eigenvalue weighted by Crippen LogP contribution is 2.36. The number of nitrogens with one attached hydrogen (secondary N) is 2. The van der Waals surface area contributed by atoms with E-state index in [4.69, 9.17) is 9.31 Å². The van der Waals surface area contributed by atoms with Gasteiger partial charge in [-0.2, -0.15) is 0 Å². The summed E-state index contributed by atoms with van der Waals surface area (Å²) in [6.45, 7) is 10.3. The molecule has 2 N–H and O–H groups in total. The minimum atomic E-state index is -0.300.